The number of benzene rings is 7. The fourth-order valence-electron chi connectivity index (χ4n) is 6.86. The lowest BCUT2D eigenvalue weighted by Crippen LogP contribution is -2.10. The van der Waals surface area contributed by atoms with Crippen LogP contribution in [0.25, 0.3) is 11.1 Å². The standard InChI is InChI=1S/C50H48N2/c1-35(2)40-13-15-41(16-14-40)39(6)42-17-29-48(30-18-42)52(47-27-11-38(5)12-28-47)50-33-21-44(22-34-50)43-19-31-49(32-20-43)51(45-23-7-36(3)8-24-45)46-25-9-37(4)10-26-46/h7-35,39H,1-6H3. The zero-order chi connectivity index (χ0) is 36.2. The summed E-state index contributed by atoms with van der Waals surface area (Å²) >= 11 is 0. The number of hydrogen-bond donors (Lipinski definition) is 0. The molecule has 0 amide bonds. The molecule has 1 atom stereocenters. The molecule has 7 aromatic carbocycles. The van der Waals surface area contributed by atoms with Crippen molar-refractivity contribution in [1.29, 1.82) is 0 Å². The minimum Gasteiger partial charge on any atom is -0.311 e. The highest BCUT2D eigenvalue weighted by molar-refractivity contribution is 5.81. The Hall–Kier alpha value is -5.86. The molecule has 2 heteroatoms. The largest absolute Gasteiger partial charge is 0.311 e. The van der Waals surface area contributed by atoms with Crippen molar-refractivity contribution in [2.24, 2.45) is 0 Å². The molecule has 0 fully saturated rings. The monoisotopic (exact) mass is 676 g/mol. The second kappa shape index (κ2) is 15.2. The van der Waals surface area contributed by atoms with E-state index in [0.29, 0.717) is 11.8 Å². The Morgan fingerprint density at radius 2 is 0.519 bits per heavy atom. The first-order valence-electron chi connectivity index (χ1n) is 18.4. The van der Waals surface area contributed by atoms with Gasteiger partial charge in [0.1, 0.15) is 0 Å². The van der Waals surface area contributed by atoms with Gasteiger partial charge in [0.15, 0.2) is 0 Å². The maximum Gasteiger partial charge on any atom is 0.0462 e. The van der Waals surface area contributed by atoms with Crippen LogP contribution in [0.2, 0.25) is 0 Å². The normalized spacial score (nSPS) is 11.8. The van der Waals surface area contributed by atoms with Gasteiger partial charge in [0.2, 0.25) is 0 Å². The summed E-state index contributed by atoms with van der Waals surface area (Å²) in [6, 6.07) is 62.3. The molecule has 0 aromatic heterocycles. The third-order valence-corrected chi connectivity index (χ3v) is 10.2. The lowest BCUT2D eigenvalue weighted by atomic mass is 9.91. The summed E-state index contributed by atoms with van der Waals surface area (Å²) < 4.78 is 0. The van der Waals surface area contributed by atoms with Crippen LogP contribution in [-0.2, 0) is 0 Å². The van der Waals surface area contributed by atoms with Crippen molar-refractivity contribution in [2.75, 3.05) is 9.80 Å². The maximum atomic E-state index is 2.35. The van der Waals surface area contributed by atoms with E-state index in [2.05, 4.69) is 221 Å². The molecular formula is C50H48N2. The summed E-state index contributed by atoms with van der Waals surface area (Å²) in [4.78, 5) is 4.67. The summed E-state index contributed by atoms with van der Waals surface area (Å²) in [6.45, 7) is 13.2. The molecule has 0 bridgehead atoms. The first-order chi connectivity index (χ1) is 25.2. The van der Waals surface area contributed by atoms with Crippen molar-refractivity contribution in [1.82, 2.24) is 0 Å². The molecule has 0 aliphatic rings. The minimum atomic E-state index is 0.314. The molecule has 0 radical (unpaired) electrons. The molecule has 7 aromatic rings. The second-order valence-corrected chi connectivity index (χ2v) is 14.4. The van der Waals surface area contributed by atoms with Gasteiger partial charge in [-0.25, -0.2) is 0 Å². The molecular weight excluding hydrogens is 629 g/mol. The summed E-state index contributed by atoms with van der Waals surface area (Å²) in [7, 11) is 0. The van der Waals surface area contributed by atoms with Gasteiger partial charge >= 0.3 is 0 Å². The zero-order valence-corrected chi connectivity index (χ0v) is 31.2. The van der Waals surface area contributed by atoms with Crippen LogP contribution in [0.15, 0.2) is 170 Å². The van der Waals surface area contributed by atoms with Crippen LogP contribution in [-0.4, -0.2) is 0 Å². The van der Waals surface area contributed by atoms with Crippen LogP contribution in [0.4, 0.5) is 34.1 Å². The molecule has 0 saturated carbocycles. The smallest absolute Gasteiger partial charge is 0.0462 e. The summed E-state index contributed by atoms with van der Waals surface area (Å²) in [6.07, 6.45) is 0. The van der Waals surface area contributed by atoms with Crippen molar-refractivity contribution in [2.45, 2.75) is 53.4 Å². The number of hydrogen-bond acceptors (Lipinski definition) is 2. The van der Waals surface area contributed by atoms with Gasteiger partial charge in [-0.15, -0.1) is 0 Å². The van der Waals surface area contributed by atoms with E-state index < -0.39 is 0 Å². The zero-order valence-electron chi connectivity index (χ0n) is 31.2. The Morgan fingerprint density at radius 3 is 0.808 bits per heavy atom. The van der Waals surface area contributed by atoms with E-state index in [-0.39, 0.29) is 0 Å². The highest BCUT2D eigenvalue weighted by Crippen LogP contribution is 2.39. The molecule has 1 unspecified atom stereocenters. The average molecular weight is 677 g/mol. The Labute approximate surface area is 310 Å². The van der Waals surface area contributed by atoms with Crippen molar-refractivity contribution in [3.8, 4) is 11.1 Å². The minimum absolute atomic E-state index is 0.314. The topological polar surface area (TPSA) is 6.48 Å². The predicted octanol–water partition coefficient (Wildman–Crippen LogP) is 14.5. The summed E-state index contributed by atoms with van der Waals surface area (Å²) in [5, 5.41) is 0. The predicted molar refractivity (Wildman–Crippen MR) is 224 cm³/mol. The Kier molecular flexibility index (Phi) is 10.1. The van der Waals surface area contributed by atoms with E-state index >= 15 is 0 Å². The van der Waals surface area contributed by atoms with Gasteiger partial charge in [0.25, 0.3) is 0 Å². The van der Waals surface area contributed by atoms with Crippen molar-refractivity contribution in [3.63, 3.8) is 0 Å². The Morgan fingerprint density at radius 1 is 0.288 bits per heavy atom. The third-order valence-electron chi connectivity index (χ3n) is 10.2. The van der Waals surface area contributed by atoms with Crippen molar-refractivity contribution >= 4 is 34.1 Å². The summed E-state index contributed by atoms with van der Waals surface area (Å²) in [5.41, 5.74) is 17.0. The van der Waals surface area contributed by atoms with Gasteiger partial charge in [-0.3, -0.25) is 0 Å². The van der Waals surface area contributed by atoms with Gasteiger partial charge in [-0.05, 0) is 127 Å². The molecule has 0 aliphatic heterocycles. The lowest BCUT2D eigenvalue weighted by Gasteiger charge is -2.27. The van der Waals surface area contributed by atoms with Crippen molar-refractivity contribution < 1.29 is 0 Å². The van der Waals surface area contributed by atoms with E-state index in [4.69, 9.17) is 0 Å². The second-order valence-electron chi connectivity index (χ2n) is 14.4. The van der Waals surface area contributed by atoms with E-state index in [9.17, 15) is 0 Å². The average Bonchev–Trinajstić information content (AvgIpc) is 3.18. The van der Waals surface area contributed by atoms with E-state index in [1.165, 1.54) is 44.5 Å². The molecule has 0 heterocycles. The van der Waals surface area contributed by atoms with Crippen LogP contribution in [0.3, 0.4) is 0 Å². The highest BCUT2D eigenvalue weighted by atomic mass is 15.1. The number of nitrogens with zero attached hydrogens (tertiary/aromatic N) is 2. The first kappa shape index (κ1) is 34.6. The summed E-state index contributed by atoms with van der Waals surface area (Å²) in [5.74, 6) is 0.852. The van der Waals surface area contributed by atoms with Gasteiger partial charge in [-0.2, -0.15) is 0 Å². The number of anilines is 6. The third kappa shape index (κ3) is 7.57. The molecule has 0 saturated heterocycles. The number of aryl methyl sites for hydroxylation is 3. The lowest BCUT2D eigenvalue weighted by molar-refractivity contribution is 0.859. The molecule has 0 aliphatic carbocycles. The fraction of sp³-hybridized carbons (Fsp3) is 0.160. The van der Waals surface area contributed by atoms with Gasteiger partial charge in [-0.1, -0.05) is 135 Å². The maximum absolute atomic E-state index is 2.35. The molecule has 258 valence electrons. The molecule has 0 N–H and O–H groups in total. The van der Waals surface area contributed by atoms with Crippen LogP contribution in [0, 0.1) is 20.8 Å². The highest BCUT2D eigenvalue weighted by Gasteiger charge is 2.16. The number of rotatable bonds is 10. The quantitative estimate of drug-likeness (QED) is 0.142. The van der Waals surface area contributed by atoms with E-state index in [1.54, 1.807) is 0 Å². The Bertz CT molecular complexity index is 2150. The van der Waals surface area contributed by atoms with Crippen LogP contribution in [0.1, 0.15) is 66.0 Å². The van der Waals surface area contributed by atoms with Gasteiger partial charge < -0.3 is 9.80 Å². The van der Waals surface area contributed by atoms with E-state index in [1.807, 2.05) is 0 Å². The van der Waals surface area contributed by atoms with Crippen LogP contribution >= 0.6 is 0 Å². The SMILES string of the molecule is Cc1ccc(N(c2ccc(C)cc2)c2ccc(-c3ccc(N(c4ccc(C)cc4)c4ccc(C(C)c5ccc(C(C)C)cc5)cc4)cc3)cc2)cc1. The van der Waals surface area contributed by atoms with Crippen LogP contribution in [0.5, 0.6) is 0 Å². The van der Waals surface area contributed by atoms with Crippen LogP contribution < -0.4 is 9.80 Å². The Balaban J connectivity index is 1.16. The van der Waals surface area contributed by atoms with Gasteiger partial charge in [0.05, 0.1) is 0 Å². The fourth-order valence-corrected chi connectivity index (χ4v) is 6.86. The first-order valence-corrected chi connectivity index (χ1v) is 18.4. The molecule has 0 spiro atoms. The van der Waals surface area contributed by atoms with Gasteiger partial charge in [0, 0.05) is 40.0 Å². The molecule has 52 heavy (non-hydrogen) atoms. The van der Waals surface area contributed by atoms with Crippen molar-refractivity contribution in [3.05, 3.63) is 203 Å². The molecule has 7 rings (SSSR count). The molecule has 2 nitrogen and oxygen atoms in total. The van der Waals surface area contributed by atoms with E-state index in [0.717, 1.165) is 34.1 Å².